The number of amides is 1. The van der Waals surface area contributed by atoms with Gasteiger partial charge >= 0.3 is 5.69 Å². The largest absolute Gasteiger partial charge is 0.390 e. The number of imidazole rings is 1. The summed E-state index contributed by atoms with van der Waals surface area (Å²) in [6, 6.07) is 0. The summed E-state index contributed by atoms with van der Waals surface area (Å²) >= 11 is 0. The molecule has 2 aromatic heterocycles. The topological polar surface area (TPSA) is 151 Å². The number of H-pyrrole nitrogens is 2. The van der Waals surface area contributed by atoms with E-state index in [1.54, 1.807) is 12.3 Å². The molecule has 0 aromatic carbocycles. The average Bonchev–Trinajstić information content (AvgIpc) is 3.34. The Morgan fingerprint density at radius 2 is 2.45 bits per heavy atom. The fourth-order valence-electron chi connectivity index (χ4n) is 2.93. The van der Waals surface area contributed by atoms with Gasteiger partial charge in [-0.1, -0.05) is 12.2 Å². The number of aromatic nitrogens is 4. The van der Waals surface area contributed by atoms with Crippen molar-refractivity contribution in [3.8, 4) is 0 Å². The van der Waals surface area contributed by atoms with Gasteiger partial charge < -0.3 is 24.7 Å². The molecule has 3 rings (SSSR count). The SMILES string of the molecule is [3H]POCC1OC(n2cc(/C=C/CNC(=O)Cc3cnc[nH]3)c(=O)[nH]c2=O)CC1O. The third-order valence-corrected chi connectivity index (χ3v) is 4.54. The number of ether oxygens (including phenoxy) is 1. The number of nitrogens with one attached hydrogen (secondary N) is 3. The molecule has 11 nitrogen and oxygen atoms in total. The lowest BCUT2D eigenvalue weighted by Gasteiger charge is -2.15. The first-order chi connectivity index (χ1) is 14.5. The fraction of sp³-hybridized carbons (Fsp3) is 0.412. The van der Waals surface area contributed by atoms with Gasteiger partial charge in [0.05, 0.1) is 32.3 Å². The number of carbonyl (C=O) groups is 1. The molecule has 1 saturated heterocycles. The minimum Gasteiger partial charge on any atom is -0.390 e. The van der Waals surface area contributed by atoms with Crippen molar-refractivity contribution in [2.24, 2.45) is 0 Å². The van der Waals surface area contributed by atoms with E-state index in [-0.39, 0.29) is 37.5 Å². The molecule has 0 bridgehead atoms. The van der Waals surface area contributed by atoms with Crippen molar-refractivity contribution in [3.63, 3.8) is 0 Å². The molecule has 1 aliphatic heterocycles. The third-order valence-electron chi connectivity index (χ3n) is 4.38. The van der Waals surface area contributed by atoms with Crippen molar-refractivity contribution in [2.45, 2.75) is 31.3 Å². The maximum atomic E-state index is 12.2. The lowest BCUT2D eigenvalue weighted by Crippen LogP contribution is -2.33. The number of carbonyl (C=O) groups excluding carboxylic acids is 1. The molecular formula is C17H22N5O6P. The summed E-state index contributed by atoms with van der Waals surface area (Å²) in [5.74, 6) is -0.210. The molecule has 12 heteroatoms. The highest BCUT2D eigenvalue weighted by Gasteiger charge is 2.35. The van der Waals surface area contributed by atoms with Crippen LogP contribution in [0.3, 0.4) is 0 Å². The Balaban J connectivity index is 1.62. The fourth-order valence-corrected chi connectivity index (χ4v) is 3.09. The molecule has 0 spiro atoms. The van der Waals surface area contributed by atoms with E-state index in [0.717, 1.165) is 0 Å². The summed E-state index contributed by atoms with van der Waals surface area (Å²) in [4.78, 5) is 45.0. The Morgan fingerprint density at radius 1 is 1.59 bits per heavy atom. The Kier molecular flexibility index (Phi) is 6.63. The molecule has 3 heterocycles. The summed E-state index contributed by atoms with van der Waals surface area (Å²) in [6.07, 6.45) is 5.49. The molecule has 0 saturated carbocycles. The molecule has 4 unspecified atom stereocenters. The van der Waals surface area contributed by atoms with Gasteiger partial charge in [0.1, 0.15) is 12.3 Å². The summed E-state index contributed by atoms with van der Waals surface area (Å²) in [5, 5.41) is 12.8. The molecule has 1 fully saturated rings. The van der Waals surface area contributed by atoms with Crippen molar-refractivity contribution in [1.29, 1.82) is 1.28 Å². The molecular weight excluding hydrogens is 401 g/mol. The van der Waals surface area contributed by atoms with Crippen LogP contribution in [0.4, 0.5) is 0 Å². The molecule has 156 valence electrons. The van der Waals surface area contributed by atoms with Crippen LogP contribution in [-0.2, 0) is 20.5 Å². The van der Waals surface area contributed by atoms with E-state index in [1.807, 2.05) is 0 Å². The van der Waals surface area contributed by atoms with Crippen molar-refractivity contribution in [3.05, 3.63) is 56.9 Å². The van der Waals surface area contributed by atoms with Gasteiger partial charge in [-0.15, -0.1) is 0 Å². The van der Waals surface area contributed by atoms with Crippen LogP contribution in [0.15, 0.2) is 34.4 Å². The van der Waals surface area contributed by atoms with Gasteiger partial charge in [0.25, 0.3) is 5.56 Å². The van der Waals surface area contributed by atoms with Crippen LogP contribution in [-0.4, -0.2) is 57.2 Å². The number of aliphatic hydroxyl groups excluding tert-OH is 1. The normalized spacial score (nSPS) is 22.5. The Bertz CT molecular complexity index is 991. The van der Waals surface area contributed by atoms with Gasteiger partial charge in [-0.2, -0.15) is 0 Å². The van der Waals surface area contributed by atoms with Crippen LogP contribution in [0.2, 0.25) is 0 Å². The quantitative estimate of drug-likeness (QED) is 0.380. The summed E-state index contributed by atoms with van der Waals surface area (Å²) < 4.78 is 18.8. The van der Waals surface area contributed by atoms with Crippen molar-refractivity contribution >= 4 is 21.4 Å². The van der Waals surface area contributed by atoms with E-state index in [9.17, 15) is 19.5 Å². The second-order valence-electron chi connectivity index (χ2n) is 6.45. The summed E-state index contributed by atoms with van der Waals surface area (Å²) in [7, 11) is -0.484. The number of nitrogens with zero attached hydrogens (tertiary/aromatic N) is 2. The maximum absolute atomic E-state index is 12.2. The lowest BCUT2D eigenvalue weighted by molar-refractivity contribution is -0.120. The van der Waals surface area contributed by atoms with Crippen LogP contribution in [0, 0.1) is 0 Å². The monoisotopic (exact) mass is 425 g/mol. The van der Waals surface area contributed by atoms with Gasteiger partial charge in [-0.3, -0.25) is 19.1 Å². The zero-order chi connectivity index (χ0) is 21.5. The molecule has 1 amide bonds. The third kappa shape index (κ3) is 5.48. The van der Waals surface area contributed by atoms with Gasteiger partial charge in [-0.05, 0) is 0 Å². The molecule has 1 aliphatic rings. The van der Waals surface area contributed by atoms with Crippen molar-refractivity contribution in [2.75, 3.05) is 13.2 Å². The van der Waals surface area contributed by atoms with Crippen LogP contribution >= 0.6 is 9.41 Å². The number of hydrogen-bond acceptors (Lipinski definition) is 7. The van der Waals surface area contributed by atoms with E-state index in [1.165, 1.54) is 23.2 Å². The predicted molar refractivity (Wildman–Crippen MR) is 106 cm³/mol. The lowest BCUT2D eigenvalue weighted by atomic mass is 10.2. The van der Waals surface area contributed by atoms with Gasteiger partial charge in [-0.25, -0.2) is 9.78 Å². The zero-order valence-corrected chi connectivity index (χ0v) is 16.3. The highest BCUT2D eigenvalue weighted by atomic mass is 31.0. The molecule has 4 atom stereocenters. The molecule has 0 radical (unpaired) electrons. The minimum atomic E-state index is -0.853. The van der Waals surface area contributed by atoms with Gasteiger partial charge in [0.15, 0.2) is 0 Å². The standard InChI is InChI=1S/C17H22N5O6P/c23-12-5-15(28-13(12)8-27-29)22-7-10(16(25)21-17(22)26)2-1-3-19-14(24)4-11-6-18-9-20-11/h1-2,6-7,9,12-13,15,23H,3-5,8,29H2,(H,18,20)(H,19,24)(H,21,25,26)/b2-1+/i29T. The van der Waals surface area contributed by atoms with Crippen LogP contribution in [0.1, 0.15) is 23.9 Å². The van der Waals surface area contributed by atoms with Crippen LogP contribution in [0.5, 0.6) is 0 Å². The Hall–Kier alpha value is -2.59. The van der Waals surface area contributed by atoms with E-state index >= 15 is 0 Å². The average molecular weight is 425 g/mol. The summed E-state index contributed by atoms with van der Waals surface area (Å²) in [5.41, 5.74) is -0.357. The molecule has 29 heavy (non-hydrogen) atoms. The zero-order valence-electron chi connectivity index (χ0n) is 16.3. The van der Waals surface area contributed by atoms with Crippen molar-refractivity contribution < 1.29 is 19.2 Å². The van der Waals surface area contributed by atoms with Crippen molar-refractivity contribution in [1.82, 2.24) is 24.8 Å². The first-order valence-electron chi connectivity index (χ1n) is 9.36. The first-order valence-corrected chi connectivity index (χ1v) is 9.26. The van der Waals surface area contributed by atoms with E-state index in [0.29, 0.717) is 5.69 Å². The molecule has 0 aliphatic carbocycles. The number of hydrogen-bond donors (Lipinski definition) is 4. The highest BCUT2D eigenvalue weighted by molar-refractivity contribution is 7.09. The number of rotatable bonds is 9. The number of aliphatic hydroxyl groups is 1. The Labute approximate surface area is 168 Å². The minimum absolute atomic E-state index is 0.0444. The molecule has 2 aromatic rings. The summed E-state index contributed by atoms with van der Waals surface area (Å²) in [6.45, 7) is 0.236. The first kappa shape index (κ1) is 19.7. The van der Waals surface area contributed by atoms with E-state index < -0.39 is 39.1 Å². The van der Waals surface area contributed by atoms with Crippen LogP contribution in [0.25, 0.3) is 6.08 Å². The van der Waals surface area contributed by atoms with Gasteiger partial charge in [0, 0.05) is 40.5 Å². The second kappa shape index (κ2) is 9.75. The predicted octanol–water partition coefficient (Wildman–Crippen LogP) is -0.913. The molecule has 4 N–H and O–H groups in total. The van der Waals surface area contributed by atoms with E-state index in [2.05, 4.69) is 20.3 Å². The van der Waals surface area contributed by atoms with Crippen LogP contribution < -0.4 is 16.6 Å². The second-order valence-corrected chi connectivity index (χ2v) is 6.74. The number of aromatic amines is 2. The van der Waals surface area contributed by atoms with Gasteiger partial charge in [0.2, 0.25) is 5.91 Å². The Morgan fingerprint density at radius 3 is 3.21 bits per heavy atom. The smallest absolute Gasteiger partial charge is 0.330 e. The van der Waals surface area contributed by atoms with E-state index in [4.69, 9.17) is 10.5 Å². The highest BCUT2D eigenvalue weighted by Crippen LogP contribution is 2.28. The maximum Gasteiger partial charge on any atom is 0.330 e.